The Balaban J connectivity index is 2.79. The number of aromatic nitrogens is 2. The van der Waals surface area contributed by atoms with Crippen LogP contribution in [0.2, 0.25) is 0 Å². The van der Waals surface area contributed by atoms with E-state index in [9.17, 15) is 9.59 Å². The van der Waals surface area contributed by atoms with Crippen LogP contribution in [0.25, 0.3) is 10.2 Å². The summed E-state index contributed by atoms with van der Waals surface area (Å²) in [6.07, 6.45) is 0.0531. The van der Waals surface area contributed by atoms with Crippen molar-refractivity contribution in [2.45, 2.75) is 20.3 Å². The monoisotopic (exact) mass is 247 g/mol. The third-order valence-corrected chi connectivity index (χ3v) is 3.70. The summed E-state index contributed by atoms with van der Waals surface area (Å²) in [6.45, 7) is 3.19. The molecule has 1 N–H and O–H groups in total. The van der Waals surface area contributed by atoms with Crippen LogP contribution in [0.5, 0.6) is 0 Å². The molecule has 0 fully saturated rings. The molecular formula is C11H9N3O2S. The molecule has 0 saturated carbocycles. The lowest BCUT2D eigenvalue weighted by atomic mass is 10.2. The average molecular weight is 247 g/mol. The second-order valence-electron chi connectivity index (χ2n) is 3.64. The van der Waals surface area contributed by atoms with Crippen molar-refractivity contribution in [3.63, 3.8) is 0 Å². The Morgan fingerprint density at radius 2 is 2.29 bits per heavy atom. The molecule has 0 bridgehead atoms. The van der Waals surface area contributed by atoms with E-state index in [-0.39, 0.29) is 17.8 Å². The number of nitrogens with zero attached hydrogens (tertiary/aromatic N) is 2. The van der Waals surface area contributed by atoms with E-state index in [0.717, 1.165) is 0 Å². The van der Waals surface area contributed by atoms with Gasteiger partial charge in [-0.15, -0.1) is 11.3 Å². The number of thiophene rings is 1. The second kappa shape index (κ2) is 4.11. The summed E-state index contributed by atoms with van der Waals surface area (Å²) in [5, 5.41) is 9.01. The average Bonchev–Trinajstić information content (AvgIpc) is 2.56. The van der Waals surface area contributed by atoms with Crippen LogP contribution in [0.1, 0.15) is 28.0 Å². The molecule has 0 aliphatic carbocycles. The van der Waals surface area contributed by atoms with Gasteiger partial charge in [0.15, 0.2) is 5.78 Å². The quantitative estimate of drug-likeness (QED) is 0.816. The fraction of sp³-hybridized carbons (Fsp3) is 0.273. The minimum Gasteiger partial charge on any atom is -0.309 e. The van der Waals surface area contributed by atoms with E-state index < -0.39 is 0 Å². The summed E-state index contributed by atoms with van der Waals surface area (Å²) in [4.78, 5) is 31.0. The first-order valence-corrected chi connectivity index (χ1v) is 5.76. The molecule has 2 rings (SSSR count). The van der Waals surface area contributed by atoms with Gasteiger partial charge in [-0.3, -0.25) is 9.59 Å². The number of carbonyl (C=O) groups excluding carboxylic acids is 1. The van der Waals surface area contributed by atoms with Gasteiger partial charge in [0.2, 0.25) is 0 Å². The minimum absolute atomic E-state index is 0.0531. The standard InChI is InChI=1S/C11H9N3O2S/c1-5-8-10(16)13-7(3-4-12)14-11(8)17-9(5)6(2)15/h3H2,1-2H3,(H,13,14,16). The van der Waals surface area contributed by atoms with Crippen LogP contribution >= 0.6 is 11.3 Å². The molecule has 6 heteroatoms. The van der Waals surface area contributed by atoms with Crippen molar-refractivity contribution >= 4 is 27.3 Å². The topological polar surface area (TPSA) is 86.6 Å². The van der Waals surface area contributed by atoms with Crippen LogP contribution in [0.4, 0.5) is 0 Å². The number of aryl methyl sites for hydroxylation is 1. The second-order valence-corrected chi connectivity index (χ2v) is 4.64. The predicted molar refractivity (Wildman–Crippen MR) is 64.3 cm³/mol. The van der Waals surface area contributed by atoms with E-state index >= 15 is 0 Å². The van der Waals surface area contributed by atoms with Crippen molar-refractivity contribution in [1.82, 2.24) is 9.97 Å². The maximum absolute atomic E-state index is 11.8. The summed E-state index contributed by atoms with van der Waals surface area (Å²) in [6, 6.07) is 1.93. The first kappa shape index (κ1) is 11.5. The SMILES string of the molecule is CC(=O)c1sc2nc(CC#N)[nH]c(=O)c2c1C. The van der Waals surface area contributed by atoms with Gasteiger partial charge >= 0.3 is 0 Å². The zero-order valence-electron chi connectivity index (χ0n) is 9.33. The number of nitrogens with one attached hydrogen (secondary N) is 1. The lowest BCUT2D eigenvalue weighted by Crippen LogP contribution is -2.11. The summed E-state index contributed by atoms with van der Waals surface area (Å²) in [5.74, 6) is 0.257. The van der Waals surface area contributed by atoms with Gasteiger partial charge in [0, 0.05) is 0 Å². The highest BCUT2D eigenvalue weighted by Crippen LogP contribution is 2.27. The molecule has 0 atom stereocenters. The molecular weight excluding hydrogens is 238 g/mol. The first-order valence-electron chi connectivity index (χ1n) is 4.94. The lowest BCUT2D eigenvalue weighted by Gasteiger charge is -1.94. The molecule has 5 nitrogen and oxygen atoms in total. The van der Waals surface area contributed by atoms with E-state index in [2.05, 4.69) is 9.97 Å². The normalized spacial score (nSPS) is 10.4. The smallest absolute Gasteiger partial charge is 0.259 e. The molecule has 2 aromatic rings. The molecule has 0 unspecified atom stereocenters. The molecule has 0 saturated heterocycles. The van der Waals surface area contributed by atoms with Gasteiger partial charge in [0.25, 0.3) is 5.56 Å². The maximum atomic E-state index is 11.8. The number of ketones is 1. The van der Waals surface area contributed by atoms with Crippen molar-refractivity contribution in [2.24, 2.45) is 0 Å². The molecule has 17 heavy (non-hydrogen) atoms. The summed E-state index contributed by atoms with van der Waals surface area (Å²) < 4.78 is 0. The third-order valence-electron chi connectivity index (χ3n) is 2.42. The highest BCUT2D eigenvalue weighted by molar-refractivity contribution is 7.20. The fourth-order valence-electron chi connectivity index (χ4n) is 1.68. The van der Waals surface area contributed by atoms with Gasteiger partial charge in [0.1, 0.15) is 10.7 Å². The van der Waals surface area contributed by atoms with Gasteiger partial charge in [-0.1, -0.05) is 0 Å². The van der Waals surface area contributed by atoms with Gasteiger partial charge in [-0.05, 0) is 19.4 Å². The van der Waals surface area contributed by atoms with Gasteiger partial charge < -0.3 is 4.98 Å². The number of hydrogen-bond acceptors (Lipinski definition) is 5. The number of carbonyl (C=O) groups is 1. The molecule has 0 spiro atoms. The van der Waals surface area contributed by atoms with E-state index in [1.165, 1.54) is 18.3 Å². The Morgan fingerprint density at radius 3 is 2.88 bits per heavy atom. The van der Waals surface area contributed by atoms with E-state index in [1.54, 1.807) is 6.92 Å². The Hall–Kier alpha value is -2.00. The van der Waals surface area contributed by atoms with Crippen molar-refractivity contribution in [2.75, 3.05) is 0 Å². The van der Waals surface area contributed by atoms with Crippen molar-refractivity contribution in [3.8, 4) is 6.07 Å². The van der Waals surface area contributed by atoms with Crippen LogP contribution < -0.4 is 5.56 Å². The van der Waals surface area contributed by atoms with E-state index in [0.29, 0.717) is 26.5 Å². The summed E-state index contributed by atoms with van der Waals surface area (Å²) >= 11 is 1.20. The van der Waals surface area contributed by atoms with E-state index in [4.69, 9.17) is 5.26 Å². The number of nitriles is 1. The van der Waals surface area contributed by atoms with Crippen LogP contribution in [0, 0.1) is 18.3 Å². The van der Waals surface area contributed by atoms with Crippen LogP contribution in [-0.2, 0) is 6.42 Å². The molecule has 0 aliphatic heterocycles. The highest BCUT2D eigenvalue weighted by atomic mass is 32.1. The number of hydrogen-bond donors (Lipinski definition) is 1. The molecule has 86 valence electrons. The minimum atomic E-state index is -0.290. The zero-order valence-corrected chi connectivity index (χ0v) is 10.1. The van der Waals surface area contributed by atoms with Crippen molar-refractivity contribution in [3.05, 3.63) is 26.6 Å². The Bertz CT molecular complexity index is 706. The largest absolute Gasteiger partial charge is 0.309 e. The van der Waals surface area contributed by atoms with Crippen LogP contribution in [-0.4, -0.2) is 15.8 Å². The van der Waals surface area contributed by atoms with E-state index in [1.807, 2.05) is 6.07 Å². The zero-order chi connectivity index (χ0) is 12.6. The summed E-state index contributed by atoms with van der Waals surface area (Å²) in [7, 11) is 0. The number of aromatic amines is 1. The molecule has 0 aromatic carbocycles. The maximum Gasteiger partial charge on any atom is 0.259 e. The summed E-state index contributed by atoms with van der Waals surface area (Å²) in [5.41, 5.74) is 0.372. The lowest BCUT2D eigenvalue weighted by molar-refractivity contribution is 0.102. The van der Waals surface area contributed by atoms with Crippen LogP contribution in [0.3, 0.4) is 0 Å². The molecule has 0 aliphatic rings. The van der Waals surface area contributed by atoms with Crippen molar-refractivity contribution < 1.29 is 4.79 Å². The van der Waals surface area contributed by atoms with Crippen molar-refractivity contribution in [1.29, 1.82) is 5.26 Å². The molecule has 0 amide bonds. The number of rotatable bonds is 2. The Labute approximate surface area is 101 Å². The first-order chi connectivity index (χ1) is 8.04. The predicted octanol–water partition coefficient (Wildman–Crippen LogP) is 1.56. The number of H-pyrrole nitrogens is 1. The third kappa shape index (κ3) is 1.85. The highest BCUT2D eigenvalue weighted by Gasteiger charge is 2.16. The molecule has 2 heterocycles. The van der Waals surface area contributed by atoms with Gasteiger partial charge in [-0.25, -0.2) is 4.98 Å². The molecule has 2 aromatic heterocycles. The van der Waals surface area contributed by atoms with Gasteiger partial charge in [0.05, 0.1) is 22.8 Å². The fourth-order valence-corrected chi connectivity index (χ4v) is 2.78. The Morgan fingerprint density at radius 1 is 1.59 bits per heavy atom. The number of Topliss-reactive ketones (excluding diaryl/α,β-unsaturated/α-hetero) is 1. The van der Waals surface area contributed by atoms with Crippen LogP contribution in [0.15, 0.2) is 4.79 Å². The molecule has 0 radical (unpaired) electrons. The number of fused-ring (bicyclic) bond motifs is 1. The Kier molecular flexibility index (Phi) is 2.77. The van der Waals surface area contributed by atoms with Gasteiger partial charge in [-0.2, -0.15) is 5.26 Å².